The molecule has 1 aliphatic carbocycles. The molecule has 3 nitrogen and oxygen atoms in total. The van der Waals surface area contributed by atoms with Crippen LogP contribution in [0.15, 0.2) is 24.3 Å². The SMILES string of the molecule is CN(Cc1ccccc1F)C(=O)C1(CN)CCCC1.Cl. The summed E-state index contributed by atoms with van der Waals surface area (Å²) in [5.41, 5.74) is 5.94. The molecule has 0 heterocycles. The average molecular weight is 301 g/mol. The topological polar surface area (TPSA) is 46.3 Å². The Bertz CT molecular complexity index is 461. The number of halogens is 2. The molecule has 0 atom stereocenters. The van der Waals surface area contributed by atoms with E-state index in [1.165, 1.54) is 6.07 Å². The monoisotopic (exact) mass is 300 g/mol. The zero-order valence-electron chi connectivity index (χ0n) is 11.8. The minimum Gasteiger partial charge on any atom is -0.341 e. The van der Waals surface area contributed by atoms with Crippen LogP contribution >= 0.6 is 12.4 Å². The van der Waals surface area contributed by atoms with Crippen molar-refractivity contribution >= 4 is 18.3 Å². The first-order chi connectivity index (χ1) is 9.09. The molecule has 0 bridgehead atoms. The summed E-state index contributed by atoms with van der Waals surface area (Å²) < 4.78 is 13.6. The van der Waals surface area contributed by atoms with Crippen LogP contribution in [0.2, 0.25) is 0 Å². The molecule has 0 radical (unpaired) electrons. The minimum absolute atomic E-state index is 0. The molecule has 0 unspecified atom stereocenters. The van der Waals surface area contributed by atoms with Crippen molar-refractivity contribution in [2.24, 2.45) is 11.1 Å². The van der Waals surface area contributed by atoms with Gasteiger partial charge in [0, 0.05) is 25.7 Å². The first kappa shape index (κ1) is 16.9. The zero-order chi connectivity index (χ0) is 13.9. The van der Waals surface area contributed by atoms with E-state index < -0.39 is 5.41 Å². The van der Waals surface area contributed by atoms with E-state index in [9.17, 15) is 9.18 Å². The quantitative estimate of drug-likeness (QED) is 0.929. The standard InChI is InChI=1S/C15H21FN2O.ClH/c1-18(10-12-6-2-3-7-13(12)16)14(19)15(11-17)8-4-5-9-15;/h2-3,6-7H,4-5,8-11,17H2,1H3;1H. The third kappa shape index (κ3) is 3.30. The molecule has 1 amide bonds. The molecule has 0 aromatic heterocycles. The van der Waals surface area contributed by atoms with Crippen LogP contribution < -0.4 is 5.73 Å². The number of hydrogen-bond acceptors (Lipinski definition) is 2. The fourth-order valence-corrected chi connectivity index (χ4v) is 2.92. The molecule has 20 heavy (non-hydrogen) atoms. The van der Waals surface area contributed by atoms with Crippen LogP contribution in [0.3, 0.4) is 0 Å². The number of benzene rings is 1. The summed E-state index contributed by atoms with van der Waals surface area (Å²) in [6.45, 7) is 0.681. The number of rotatable bonds is 4. The van der Waals surface area contributed by atoms with Crippen molar-refractivity contribution in [3.63, 3.8) is 0 Å². The first-order valence-corrected chi connectivity index (χ1v) is 6.78. The van der Waals surface area contributed by atoms with Crippen LogP contribution in [0.1, 0.15) is 31.2 Å². The highest BCUT2D eigenvalue weighted by atomic mass is 35.5. The first-order valence-electron chi connectivity index (χ1n) is 6.78. The number of carbonyl (C=O) groups excluding carboxylic acids is 1. The summed E-state index contributed by atoms with van der Waals surface area (Å²) in [5, 5.41) is 0. The lowest BCUT2D eigenvalue weighted by molar-refractivity contribution is -0.140. The van der Waals surface area contributed by atoms with Gasteiger partial charge in [-0.15, -0.1) is 12.4 Å². The van der Waals surface area contributed by atoms with Crippen molar-refractivity contribution in [3.8, 4) is 0 Å². The summed E-state index contributed by atoms with van der Waals surface area (Å²) >= 11 is 0. The Morgan fingerprint density at radius 2 is 1.95 bits per heavy atom. The number of nitrogens with two attached hydrogens (primary N) is 1. The maximum Gasteiger partial charge on any atom is 0.230 e. The second kappa shape index (κ2) is 7.04. The second-order valence-corrected chi connectivity index (χ2v) is 5.44. The van der Waals surface area contributed by atoms with Gasteiger partial charge < -0.3 is 10.6 Å². The molecule has 0 spiro atoms. The van der Waals surface area contributed by atoms with E-state index >= 15 is 0 Å². The van der Waals surface area contributed by atoms with Crippen molar-refractivity contribution in [2.75, 3.05) is 13.6 Å². The predicted octanol–water partition coefficient (Wildman–Crippen LogP) is 2.73. The predicted molar refractivity (Wildman–Crippen MR) is 80.1 cm³/mol. The molecular weight excluding hydrogens is 279 g/mol. The van der Waals surface area contributed by atoms with Gasteiger partial charge in [0.05, 0.1) is 5.41 Å². The summed E-state index contributed by atoms with van der Waals surface area (Å²) in [7, 11) is 1.73. The highest BCUT2D eigenvalue weighted by Crippen LogP contribution is 2.38. The lowest BCUT2D eigenvalue weighted by atomic mass is 9.84. The Hall–Kier alpha value is -1.13. The fraction of sp³-hybridized carbons (Fsp3) is 0.533. The van der Waals surface area contributed by atoms with Gasteiger partial charge in [0.15, 0.2) is 0 Å². The molecule has 0 aliphatic heterocycles. The van der Waals surface area contributed by atoms with Gasteiger partial charge in [-0.3, -0.25) is 4.79 Å². The Morgan fingerprint density at radius 1 is 1.35 bits per heavy atom. The van der Waals surface area contributed by atoms with E-state index in [0.29, 0.717) is 18.7 Å². The molecule has 5 heteroatoms. The summed E-state index contributed by atoms with van der Waals surface area (Å²) in [4.78, 5) is 14.1. The van der Waals surface area contributed by atoms with Crippen LogP contribution in [-0.4, -0.2) is 24.4 Å². The van der Waals surface area contributed by atoms with Crippen LogP contribution in [0.4, 0.5) is 4.39 Å². The summed E-state index contributed by atoms with van der Waals surface area (Å²) in [6, 6.07) is 6.56. The molecule has 1 aromatic rings. The largest absolute Gasteiger partial charge is 0.341 e. The van der Waals surface area contributed by atoms with Crippen molar-refractivity contribution < 1.29 is 9.18 Å². The van der Waals surface area contributed by atoms with Gasteiger partial charge in [-0.05, 0) is 18.9 Å². The van der Waals surface area contributed by atoms with Crippen molar-refractivity contribution in [1.29, 1.82) is 0 Å². The van der Waals surface area contributed by atoms with Gasteiger partial charge in [-0.2, -0.15) is 0 Å². The van der Waals surface area contributed by atoms with Crippen LogP contribution in [0, 0.1) is 11.2 Å². The van der Waals surface area contributed by atoms with Crippen molar-refractivity contribution in [2.45, 2.75) is 32.2 Å². The zero-order valence-corrected chi connectivity index (χ0v) is 12.6. The van der Waals surface area contributed by atoms with Gasteiger partial charge in [0.1, 0.15) is 5.82 Å². The van der Waals surface area contributed by atoms with Gasteiger partial charge in [0.25, 0.3) is 0 Å². The maximum absolute atomic E-state index is 13.6. The lowest BCUT2D eigenvalue weighted by Gasteiger charge is -2.31. The Morgan fingerprint density at radius 3 is 2.50 bits per heavy atom. The molecule has 112 valence electrons. The molecule has 2 rings (SSSR count). The Balaban J connectivity index is 0.00000200. The normalized spacial score (nSPS) is 16.6. The third-order valence-corrected chi connectivity index (χ3v) is 4.12. The van der Waals surface area contributed by atoms with Gasteiger partial charge in [-0.25, -0.2) is 4.39 Å². The third-order valence-electron chi connectivity index (χ3n) is 4.12. The van der Waals surface area contributed by atoms with Gasteiger partial charge >= 0.3 is 0 Å². The maximum atomic E-state index is 13.6. The average Bonchev–Trinajstić information content (AvgIpc) is 2.90. The molecule has 1 fully saturated rings. The molecular formula is C15H22ClFN2O. The molecule has 1 saturated carbocycles. The van der Waals surface area contributed by atoms with Gasteiger partial charge in [0.2, 0.25) is 5.91 Å². The van der Waals surface area contributed by atoms with E-state index in [-0.39, 0.29) is 24.1 Å². The van der Waals surface area contributed by atoms with Crippen molar-refractivity contribution in [1.82, 2.24) is 4.90 Å². The molecule has 1 aromatic carbocycles. The molecule has 1 aliphatic rings. The number of carbonyl (C=O) groups is 1. The van der Waals surface area contributed by atoms with Crippen LogP contribution in [0.5, 0.6) is 0 Å². The minimum atomic E-state index is -0.417. The molecule has 0 saturated heterocycles. The van der Waals surface area contributed by atoms with E-state index in [2.05, 4.69) is 0 Å². The van der Waals surface area contributed by atoms with Crippen LogP contribution in [0.25, 0.3) is 0 Å². The van der Waals surface area contributed by atoms with E-state index in [1.807, 2.05) is 0 Å². The van der Waals surface area contributed by atoms with Gasteiger partial charge in [-0.1, -0.05) is 31.0 Å². The van der Waals surface area contributed by atoms with Crippen LogP contribution in [-0.2, 0) is 11.3 Å². The Kier molecular flexibility index (Phi) is 5.96. The van der Waals surface area contributed by atoms with E-state index in [1.54, 1.807) is 30.1 Å². The number of hydrogen-bond donors (Lipinski definition) is 1. The summed E-state index contributed by atoms with van der Waals surface area (Å²) in [5.74, 6) is -0.217. The van der Waals surface area contributed by atoms with E-state index in [0.717, 1.165) is 25.7 Å². The highest BCUT2D eigenvalue weighted by Gasteiger charge is 2.41. The smallest absolute Gasteiger partial charge is 0.230 e. The number of nitrogens with zero attached hydrogens (tertiary/aromatic N) is 1. The van der Waals surface area contributed by atoms with E-state index in [4.69, 9.17) is 5.73 Å². The molecule has 2 N–H and O–H groups in total. The highest BCUT2D eigenvalue weighted by molar-refractivity contribution is 5.85. The Labute approximate surface area is 125 Å². The second-order valence-electron chi connectivity index (χ2n) is 5.44. The van der Waals surface area contributed by atoms with Crippen molar-refractivity contribution in [3.05, 3.63) is 35.6 Å². The fourth-order valence-electron chi connectivity index (χ4n) is 2.92. The summed E-state index contributed by atoms with van der Waals surface area (Å²) in [6.07, 6.45) is 3.81. The number of amides is 1. The lowest BCUT2D eigenvalue weighted by Crippen LogP contribution is -2.44.